The first-order chi connectivity index (χ1) is 14.8. The van der Waals surface area contributed by atoms with Gasteiger partial charge in [-0.3, -0.25) is 0 Å². The molecule has 0 saturated heterocycles. The SMILES string of the molecule is Cc1ccc2c3c(ccc2c1)[Si](c1ccccc1)(c1ccccc1)c1ccccc1-3. The van der Waals surface area contributed by atoms with Crippen LogP contribution in [0.2, 0.25) is 0 Å². The number of fused-ring (bicyclic) bond motifs is 5. The van der Waals surface area contributed by atoms with Crippen molar-refractivity contribution in [2.45, 2.75) is 6.92 Å². The lowest BCUT2D eigenvalue weighted by atomic mass is 9.97. The molecule has 0 fully saturated rings. The summed E-state index contributed by atoms with van der Waals surface area (Å²) in [5, 5.41) is 8.62. The van der Waals surface area contributed by atoms with Crippen LogP contribution in [0.5, 0.6) is 0 Å². The Labute approximate surface area is 178 Å². The standard InChI is InChI=1S/C29H22Si/c1-21-16-18-25-22(20-21)17-19-28-29(25)26-14-8-9-15-27(26)30(28,23-10-4-2-5-11-23)24-12-6-3-7-13-24/h2-20H,1H3. The largest absolute Gasteiger partial charge is 0.180 e. The van der Waals surface area contributed by atoms with Gasteiger partial charge in [0.15, 0.2) is 8.07 Å². The fraction of sp³-hybridized carbons (Fsp3) is 0.0345. The van der Waals surface area contributed by atoms with E-state index in [2.05, 4.69) is 122 Å². The van der Waals surface area contributed by atoms with Crippen molar-refractivity contribution in [3.05, 3.63) is 121 Å². The zero-order valence-corrected chi connectivity index (χ0v) is 18.0. The Morgan fingerprint density at radius 2 is 1.17 bits per heavy atom. The highest BCUT2D eigenvalue weighted by atomic mass is 28.3. The second-order valence-corrected chi connectivity index (χ2v) is 12.0. The van der Waals surface area contributed by atoms with Gasteiger partial charge in [0.25, 0.3) is 0 Å². The number of rotatable bonds is 2. The van der Waals surface area contributed by atoms with Gasteiger partial charge in [-0.2, -0.15) is 0 Å². The van der Waals surface area contributed by atoms with Gasteiger partial charge in [-0.1, -0.05) is 121 Å². The molecule has 0 N–H and O–H groups in total. The summed E-state index contributed by atoms with van der Waals surface area (Å²) in [5.41, 5.74) is 4.15. The third-order valence-electron chi connectivity index (χ3n) is 6.59. The van der Waals surface area contributed by atoms with Crippen LogP contribution in [0.25, 0.3) is 21.9 Å². The van der Waals surface area contributed by atoms with Gasteiger partial charge in [0.2, 0.25) is 0 Å². The Morgan fingerprint density at radius 3 is 1.87 bits per heavy atom. The van der Waals surface area contributed by atoms with Gasteiger partial charge in [0, 0.05) is 0 Å². The second-order valence-electron chi connectivity index (χ2n) is 8.24. The molecule has 1 heterocycles. The minimum Gasteiger partial charge on any atom is -0.0623 e. The van der Waals surface area contributed by atoms with Crippen molar-refractivity contribution in [3.63, 3.8) is 0 Å². The van der Waals surface area contributed by atoms with Gasteiger partial charge in [-0.25, -0.2) is 0 Å². The summed E-state index contributed by atoms with van der Waals surface area (Å²) in [5.74, 6) is 0. The molecule has 1 aliphatic heterocycles. The van der Waals surface area contributed by atoms with Crippen LogP contribution in [-0.4, -0.2) is 8.07 Å². The van der Waals surface area contributed by atoms with Gasteiger partial charge in [0.1, 0.15) is 0 Å². The van der Waals surface area contributed by atoms with E-state index in [0.717, 1.165) is 0 Å². The molecule has 0 amide bonds. The molecular weight excluding hydrogens is 376 g/mol. The van der Waals surface area contributed by atoms with Crippen LogP contribution in [0.3, 0.4) is 0 Å². The van der Waals surface area contributed by atoms with Gasteiger partial charge < -0.3 is 0 Å². The van der Waals surface area contributed by atoms with Crippen molar-refractivity contribution in [1.29, 1.82) is 0 Å². The first-order valence-corrected chi connectivity index (χ1v) is 12.5. The third kappa shape index (κ3) is 2.27. The van der Waals surface area contributed by atoms with Gasteiger partial charge in [0.05, 0.1) is 0 Å². The lowest BCUT2D eigenvalue weighted by Gasteiger charge is -2.31. The topological polar surface area (TPSA) is 0 Å². The summed E-state index contributed by atoms with van der Waals surface area (Å²) in [6.07, 6.45) is 0. The van der Waals surface area contributed by atoms with Crippen molar-refractivity contribution in [1.82, 2.24) is 0 Å². The number of hydrogen-bond acceptors (Lipinski definition) is 0. The number of aryl methyl sites for hydroxylation is 1. The maximum absolute atomic E-state index is 2.42. The molecule has 0 nitrogen and oxygen atoms in total. The minimum absolute atomic E-state index is 1.31. The Morgan fingerprint density at radius 1 is 0.533 bits per heavy atom. The molecule has 5 aromatic rings. The highest BCUT2D eigenvalue weighted by Gasteiger charge is 2.48. The lowest BCUT2D eigenvalue weighted by molar-refractivity contribution is 1.51. The fourth-order valence-electron chi connectivity index (χ4n) is 5.39. The quantitative estimate of drug-likeness (QED) is 0.377. The summed E-state index contributed by atoms with van der Waals surface area (Å²) in [7, 11) is -2.36. The molecule has 0 aromatic heterocycles. The van der Waals surface area contributed by atoms with Crippen molar-refractivity contribution in [3.8, 4) is 11.1 Å². The minimum atomic E-state index is -2.36. The smallest absolute Gasteiger partial charge is 0.0623 e. The van der Waals surface area contributed by atoms with Crippen LogP contribution in [0.1, 0.15) is 5.56 Å². The van der Waals surface area contributed by atoms with E-state index in [1.165, 1.54) is 48.2 Å². The molecule has 1 aliphatic rings. The molecule has 0 radical (unpaired) electrons. The average molecular weight is 399 g/mol. The zero-order chi connectivity index (χ0) is 20.1. The fourth-order valence-corrected chi connectivity index (χ4v) is 10.6. The second kappa shape index (κ2) is 6.55. The predicted molar refractivity (Wildman–Crippen MR) is 131 cm³/mol. The maximum atomic E-state index is 2.42. The monoisotopic (exact) mass is 398 g/mol. The van der Waals surface area contributed by atoms with Crippen LogP contribution in [0.15, 0.2) is 115 Å². The molecule has 5 aromatic carbocycles. The third-order valence-corrected chi connectivity index (χ3v) is 11.5. The van der Waals surface area contributed by atoms with E-state index in [9.17, 15) is 0 Å². The first kappa shape index (κ1) is 17.4. The first-order valence-electron chi connectivity index (χ1n) is 10.5. The Kier molecular flexibility index (Phi) is 3.81. The Bertz CT molecular complexity index is 1350. The van der Waals surface area contributed by atoms with E-state index >= 15 is 0 Å². The molecule has 0 aliphatic carbocycles. The summed E-state index contributed by atoms with van der Waals surface area (Å²) in [4.78, 5) is 0. The van der Waals surface area contributed by atoms with Crippen LogP contribution in [0.4, 0.5) is 0 Å². The zero-order valence-electron chi connectivity index (χ0n) is 17.0. The molecule has 1 heteroatoms. The Hall–Kier alpha value is -3.42. The summed E-state index contributed by atoms with van der Waals surface area (Å²) >= 11 is 0. The van der Waals surface area contributed by atoms with Gasteiger partial charge in [-0.15, -0.1) is 0 Å². The summed E-state index contributed by atoms with van der Waals surface area (Å²) in [6, 6.07) is 43.1. The van der Waals surface area contributed by atoms with Crippen molar-refractivity contribution in [2.75, 3.05) is 0 Å². The molecule has 0 spiro atoms. The van der Waals surface area contributed by atoms with Crippen LogP contribution < -0.4 is 20.7 Å². The van der Waals surface area contributed by atoms with E-state index in [1.807, 2.05) is 0 Å². The van der Waals surface area contributed by atoms with Crippen LogP contribution >= 0.6 is 0 Å². The molecule has 0 atom stereocenters. The maximum Gasteiger partial charge on any atom is 0.180 e. The highest BCUT2D eigenvalue weighted by molar-refractivity contribution is 7.22. The Balaban J connectivity index is 1.84. The van der Waals surface area contributed by atoms with Gasteiger partial charge >= 0.3 is 0 Å². The predicted octanol–water partition coefficient (Wildman–Crippen LogP) is 4.51. The van der Waals surface area contributed by atoms with Crippen molar-refractivity contribution in [2.24, 2.45) is 0 Å². The van der Waals surface area contributed by atoms with Gasteiger partial charge in [-0.05, 0) is 49.6 Å². The van der Waals surface area contributed by atoms with Crippen LogP contribution in [-0.2, 0) is 0 Å². The van der Waals surface area contributed by atoms with Crippen LogP contribution in [0, 0.1) is 6.92 Å². The molecule has 0 bridgehead atoms. The van der Waals surface area contributed by atoms with E-state index < -0.39 is 8.07 Å². The van der Waals surface area contributed by atoms with E-state index in [4.69, 9.17) is 0 Å². The molecule has 0 saturated carbocycles. The molecule has 6 rings (SSSR count). The molecule has 142 valence electrons. The van der Waals surface area contributed by atoms with E-state index in [1.54, 1.807) is 0 Å². The van der Waals surface area contributed by atoms with Crippen molar-refractivity contribution < 1.29 is 0 Å². The summed E-state index contributed by atoms with van der Waals surface area (Å²) in [6.45, 7) is 2.17. The lowest BCUT2D eigenvalue weighted by Crippen LogP contribution is -2.72. The number of benzene rings is 5. The van der Waals surface area contributed by atoms with E-state index in [-0.39, 0.29) is 0 Å². The average Bonchev–Trinajstić information content (AvgIpc) is 3.11. The molecule has 0 unspecified atom stereocenters. The normalized spacial score (nSPS) is 13.8. The molecule has 30 heavy (non-hydrogen) atoms. The summed E-state index contributed by atoms with van der Waals surface area (Å²) < 4.78 is 0. The molecular formula is C29H22Si. The van der Waals surface area contributed by atoms with E-state index in [0.29, 0.717) is 0 Å². The number of hydrogen-bond donors (Lipinski definition) is 0. The van der Waals surface area contributed by atoms with Crippen molar-refractivity contribution >= 4 is 39.6 Å². The highest BCUT2D eigenvalue weighted by Crippen LogP contribution is 2.34.